The molecular formula is C29H29N3O3S. The van der Waals surface area contributed by atoms with Crippen molar-refractivity contribution in [1.29, 1.82) is 0 Å². The lowest BCUT2D eigenvalue weighted by Gasteiger charge is -2.34. The number of nitrogens with zero attached hydrogens (tertiary/aromatic N) is 2. The molecule has 1 aliphatic heterocycles. The summed E-state index contributed by atoms with van der Waals surface area (Å²) in [6, 6.07) is 24.6. The fourth-order valence-electron chi connectivity index (χ4n) is 4.73. The lowest BCUT2D eigenvalue weighted by Crippen LogP contribution is -2.48. The first-order valence-corrected chi connectivity index (χ1v) is 13.0. The van der Waals surface area contributed by atoms with Crippen molar-refractivity contribution in [3.8, 4) is 11.1 Å². The summed E-state index contributed by atoms with van der Waals surface area (Å²) in [4.78, 5) is 30.0. The first kappa shape index (κ1) is 24.2. The van der Waals surface area contributed by atoms with Gasteiger partial charge in [-0.05, 0) is 21.9 Å². The molecule has 1 saturated heterocycles. The molecule has 3 aromatic carbocycles. The van der Waals surface area contributed by atoms with Crippen LogP contribution in [0.25, 0.3) is 21.9 Å². The second kappa shape index (κ2) is 11.0. The molecular weight excluding hydrogens is 470 g/mol. The fourth-order valence-corrected chi connectivity index (χ4v) is 5.70. The third-order valence-electron chi connectivity index (χ3n) is 6.62. The number of benzene rings is 3. The SMILES string of the molecule is COC(=O)c1c(-c2ccccc2)csc1NC(=O)CN1CCN(Cc2cccc3ccccc23)CC1. The minimum absolute atomic E-state index is 0.121. The monoisotopic (exact) mass is 499 g/mol. The molecule has 36 heavy (non-hydrogen) atoms. The number of piperazine rings is 1. The second-order valence-corrected chi connectivity index (χ2v) is 9.83. The number of esters is 1. The van der Waals surface area contributed by atoms with Crippen molar-refractivity contribution in [2.45, 2.75) is 6.54 Å². The molecule has 0 radical (unpaired) electrons. The summed E-state index contributed by atoms with van der Waals surface area (Å²) in [5.74, 6) is -0.573. The Balaban J connectivity index is 1.19. The van der Waals surface area contributed by atoms with E-state index in [0.717, 1.165) is 43.9 Å². The van der Waals surface area contributed by atoms with Crippen LogP contribution in [0.3, 0.4) is 0 Å². The van der Waals surface area contributed by atoms with Gasteiger partial charge in [-0.1, -0.05) is 72.8 Å². The standard InChI is InChI=1S/C29H29N3O3S/c1-35-29(34)27-25(22-8-3-2-4-9-22)20-36-28(27)30-26(33)19-32-16-14-31(15-17-32)18-23-12-7-11-21-10-5-6-13-24(21)23/h2-13,20H,14-19H2,1H3,(H,30,33). The Morgan fingerprint density at radius 1 is 0.889 bits per heavy atom. The topological polar surface area (TPSA) is 61.9 Å². The third-order valence-corrected chi connectivity index (χ3v) is 7.52. The molecule has 2 heterocycles. The molecule has 1 aromatic heterocycles. The van der Waals surface area contributed by atoms with Gasteiger partial charge in [0.15, 0.2) is 0 Å². The van der Waals surface area contributed by atoms with Crippen LogP contribution in [0.5, 0.6) is 0 Å². The van der Waals surface area contributed by atoms with E-state index in [9.17, 15) is 9.59 Å². The summed E-state index contributed by atoms with van der Waals surface area (Å²) < 4.78 is 5.02. The molecule has 1 fully saturated rings. The Hall–Kier alpha value is -3.52. The zero-order chi connectivity index (χ0) is 24.9. The van der Waals surface area contributed by atoms with Crippen molar-refractivity contribution in [1.82, 2.24) is 9.80 Å². The molecule has 0 unspecified atom stereocenters. The van der Waals surface area contributed by atoms with Gasteiger partial charge in [0.05, 0.1) is 13.7 Å². The quantitative estimate of drug-likeness (QED) is 0.358. The average Bonchev–Trinajstić information content (AvgIpc) is 3.33. The molecule has 6 nitrogen and oxygen atoms in total. The molecule has 0 spiro atoms. The summed E-state index contributed by atoms with van der Waals surface area (Å²) in [5.41, 5.74) is 3.42. The Labute approximate surface area is 215 Å². The summed E-state index contributed by atoms with van der Waals surface area (Å²) in [6.07, 6.45) is 0. The van der Waals surface area contributed by atoms with Gasteiger partial charge >= 0.3 is 5.97 Å². The molecule has 7 heteroatoms. The molecule has 4 aromatic rings. The van der Waals surface area contributed by atoms with Gasteiger partial charge in [0, 0.05) is 43.7 Å². The van der Waals surface area contributed by atoms with E-state index in [1.54, 1.807) is 0 Å². The molecule has 1 N–H and O–H groups in total. The number of hydrogen-bond acceptors (Lipinski definition) is 6. The van der Waals surface area contributed by atoms with Crippen LogP contribution in [0.15, 0.2) is 78.2 Å². The highest BCUT2D eigenvalue weighted by Crippen LogP contribution is 2.36. The molecule has 0 bridgehead atoms. The zero-order valence-corrected chi connectivity index (χ0v) is 21.1. The van der Waals surface area contributed by atoms with E-state index >= 15 is 0 Å². The van der Waals surface area contributed by atoms with Gasteiger partial charge in [-0.2, -0.15) is 0 Å². The van der Waals surface area contributed by atoms with Gasteiger partial charge in [0.1, 0.15) is 10.6 Å². The van der Waals surface area contributed by atoms with Crippen LogP contribution in [0.4, 0.5) is 5.00 Å². The summed E-state index contributed by atoms with van der Waals surface area (Å²) >= 11 is 1.35. The van der Waals surface area contributed by atoms with Crippen LogP contribution in [0.1, 0.15) is 15.9 Å². The van der Waals surface area contributed by atoms with Gasteiger partial charge < -0.3 is 10.1 Å². The highest BCUT2D eigenvalue weighted by atomic mass is 32.1. The van der Waals surface area contributed by atoms with E-state index in [2.05, 4.69) is 57.6 Å². The number of rotatable bonds is 7. The predicted octanol–water partition coefficient (Wildman–Crippen LogP) is 5.11. The summed E-state index contributed by atoms with van der Waals surface area (Å²) in [6.45, 7) is 4.65. The smallest absolute Gasteiger partial charge is 0.341 e. The summed E-state index contributed by atoms with van der Waals surface area (Å²) in [5, 5.41) is 7.94. The van der Waals surface area contributed by atoms with Gasteiger partial charge in [0.2, 0.25) is 5.91 Å². The first-order chi connectivity index (χ1) is 17.6. The lowest BCUT2D eigenvalue weighted by atomic mass is 10.0. The van der Waals surface area contributed by atoms with Crippen LogP contribution in [0, 0.1) is 0 Å². The highest BCUT2D eigenvalue weighted by molar-refractivity contribution is 7.15. The highest BCUT2D eigenvalue weighted by Gasteiger charge is 2.24. The number of carbonyl (C=O) groups is 2. The van der Waals surface area contributed by atoms with Crippen LogP contribution in [-0.4, -0.2) is 61.5 Å². The number of thiophene rings is 1. The lowest BCUT2D eigenvalue weighted by molar-refractivity contribution is -0.117. The van der Waals surface area contributed by atoms with Crippen LogP contribution >= 0.6 is 11.3 Å². The van der Waals surface area contributed by atoms with Gasteiger partial charge in [-0.25, -0.2) is 4.79 Å². The normalized spacial score (nSPS) is 14.6. The molecule has 1 aliphatic rings. The minimum Gasteiger partial charge on any atom is -0.465 e. The number of fused-ring (bicyclic) bond motifs is 1. The number of anilines is 1. The Morgan fingerprint density at radius 3 is 2.36 bits per heavy atom. The maximum atomic E-state index is 12.9. The number of methoxy groups -OCH3 is 1. The Bertz CT molecular complexity index is 1360. The largest absolute Gasteiger partial charge is 0.465 e. The van der Waals surface area contributed by atoms with E-state index < -0.39 is 5.97 Å². The minimum atomic E-state index is -0.451. The van der Waals surface area contributed by atoms with Crippen LogP contribution < -0.4 is 5.32 Å². The van der Waals surface area contributed by atoms with E-state index in [-0.39, 0.29) is 5.91 Å². The van der Waals surface area contributed by atoms with E-state index in [1.807, 2.05) is 35.7 Å². The average molecular weight is 500 g/mol. The van der Waals surface area contributed by atoms with Crippen molar-refractivity contribution in [3.05, 3.63) is 89.3 Å². The van der Waals surface area contributed by atoms with Gasteiger partial charge in [0.25, 0.3) is 0 Å². The van der Waals surface area contributed by atoms with Crippen molar-refractivity contribution < 1.29 is 14.3 Å². The molecule has 0 saturated carbocycles. The number of ether oxygens (including phenoxy) is 1. The van der Waals surface area contributed by atoms with E-state index in [0.29, 0.717) is 17.1 Å². The fraction of sp³-hybridized carbons (Fsp3) is 0.241. The molecule has 184 valence electrons. The first-order valence-electron chi connectivity index (χ1n) is 12.1. The predicted molar refractivity (Wildman–Crippen MR) is 145 cm³/mol. The van der Waals surface area contributed by atoms with Crippen molar-refractivity contribution in [2.75, 3.05) is 45.2 Å². The van der Waals surface area contributed by atoms with Crippen LogP contribution in [-0.2, 0) is 16.1 Å². The molecule has 1 amide bonds. The maximum absolute atomic E-state index is 12.9. The Morgan fingerprint density at radius 2 is 1.58 bits per heavy atom. The third kappa shape index (κ3) is 5.33. The molecule has 5 rings (SSSR count). The van der Waals surface area contributed by atoms with E-state index in [4.69, 9.17) is 4.74 Å². The number of nitrogens with one attached hydrogen (secondary N) is 1. The molecule has 0 atom stereocenters. The second-order valence-electron chi connectivity index (χ2n) is 8.95. The zero-order valence-electron chi connectivity index (χ0n) is 20.3. The van der Waals surface area contributed by atoms with Crippen molar-refractivity contribution in [3.63, 3.8) is 0 Å². The van der Waals surface area contributed by atoms with Crippen LogP contribution in [0.2, 0.25) is 0 Å². The molecule has 0 aliphatic carbocycles. The number of hydrogen-bond donors (Lipinski definition) is 1. The van der Waals surface area contributed by atoms with Gasteiger partial charge in [-0.3, -0.25) is 14.6 Å². The van der Waals surface area contributed by atoms with Gasteiger partial charge in [-0.15, -0.1) is 11.3 Å². The Kier molecular flexibility index (Phi) is 7.41. The maximum Gasteiger partial charge on any atom is 0.341 e. The van der Waals surface area contributed by atoms with Crippen molar-refractivity contribution in [2.24, 2.45) is 0 Å². The van der Waals surface area contributed by atoms with E-state index in [1.165, 1.54) is 34.8 Å². The number of carbonyl (C=O) groups excluding carboxylic acids is 2. The number of amides is 1. The summed E-state index contributed by atoms with van der Waals surface area (Å²) in [7, 11) is 1.36. The van der Waals surface area contributed by atoms with Crippen molar-refractivity contribution >= 4 is 39.0 Å².